The molecule has 0 radical (unpaired) electrons. The summed E-state index contributed by atoms with van der Waals surface area (Å²) in [4.78, 5) is 28.5. The fraction of sp³-hybridized carbons (Fsp3) is 0.333. The summed E-state index contributed by atoms with van der Waals surface area (Å²) in [6, 6.07) is 18.2. The van der Waals surface area contributed by atoms with E-state index in [1.54, 1.807) is 0 Å². The standard InChI is InChI=1S/C21H26N2O4/c22-19(21(25)26-16-18-11-5-2-6-12-18)13-7-8-14-23-27-20(24)15-17-9-3-1-4-10-17/h1-6,9-12,19,23H,7-8,13-16,22H2/t19-/m0/s1. The number of hydrogen-bond acceptors (Lipinski definition) is 6. The normalized spacial score (nSPS) is 11.6. The van der Waals surface area contributed by atoms with Crippen LogP contribution in [0.15, 0.2) is 60.7 Å². The Morgan fingerprint density at radius 3 is 2.22 bits per heavy atom. The quantitative estimate of drug-likeness (QED) is 0.359. The monoisotopic (exact) mass is 370 g/mol. The number of esters is 1. The molecule has 144 valence electrons. The molecule has 0 aromatic heterocycles. The van der Waals surface area contributed by atoms with Crippen LogP contribution in [-0.2, 0) is 32.2 Å². The minimum atomic E-state index is -0.644. The van der Waals surface area contributed by atoms with Crippen LogP contribution in [0.3, 0.4) is 0 Å². The van der Waals surface area contributed by atoms with E-state index >= 15 is 0 Å². The van der Waals surface area contributed by atoms with Gasteiger partial charge in [-0.05, 0) is 30.4 Å². The summed E-state index contributed by atoms with van der Waals surface area (Å²) >= 11 is 0. The molecule has 0 bridgehead atoms. The third-order valence-electron chi connectivity index (χ3n) is 3.95. The molecule has 1 atom stereocenters. The lowest BCUT2D eigenvalue weighted by Crippen LogP contribution is -2.32. The molecular formula is C21H26N2O4. The zero-order valence-electron chi connectivity index (χ0n) is 15.3. The van der Waals surface area contributed by atoms with Crippen LogP contribution in [-0.4, -0.2) is 24.5 Å². The summed E-state index contributed by atoms with van der Waals surface area (Å²) in [7, 11) is 0. The molecule has 2 aromatic rings. The van der Waals surface area contributed by atoms with Crippen LogP contribution in [0.2, 0.25) is 0 Å². The van der Waals surface area contributed by atoms with Gasteiger partial charge >= 0.3 is 11.9 Å². The number of nitrogens with two attached hydrogens (primary N) is 1. The van der Waals surface area contributed by atoms with Crippen LogP contribution in [0.1, 0.15) is 30.4 Å². The Hall–Kier alpha value is -2.70. The van der Waals surface area contributed by atoms with Crippen LogP contribution < -0.4 is 11.2 Å². The number of ether oxygens (including phenoxy) is 1. The number of rotatable bonds is 11. The lowest BCUT2D eigenvalue weighted by atomic mass is 10.1. The summed E-state index contributed by atoms with van der Waals surface area (Å²) in [5, 5.41) is 0. The van der Waals surface area contributed by atoms with Crippen LogP contribution >= 0.6 is 0 Å². The first kappa shape index (κ1) is 20.6. The second-order valence-corrected chi connectivity index (χ2v) is 6.23. The van der Waals surface area contributed by atoms with Crippen molar-refractivity contribution >= 4 is 11.9 Å². The molecule has 0 amide bonds. The molecule has 27 heavy (non-hydrogen) atoms. The predicted octanol–water partition coefficient (Wildman–Crippen LogP) is 2.52. The lowest BCUT2D eigenvalue weighted by Gasteiger charge is -2.11. The van der Waals surface area contributed by atoms with E-state index in [-0.39, 0.29) is 19.0 Å². The maximum absolute atomic E-state index is 11.9. The van der Waals surface area contributed by atoms with E-state index < -0.39 is 12.0 Å². The fourth-order valence-corrected chi connectivity index (χ4v) is 2.45. The molecule has 0 aliphatic heterocycles. The van der Waals surface area contributed by atoms with E-state index in [0.29, 0.717) is 13.0 Å². The van der Waals surface area contributed by atoms with Gasteiger partial charge in [0.2, 0.25) is 0 Å². The topological polar surface area (TPSA) is 90.6 Å². The highest BCUT2D eigenvalue weighted by molar-refractivity contribution is 5.75. The van der Waals surface area contributed by atoms with Crippen LogP contribution in [0.25, 0.3) is 0 Å². The van der Waals surface area contributed by atoms with Crippen LogP contribution in [0.4, 0.5) is 0 Å². The number of hydrogen-bond donors (Lipinski definition) is 2. The molecule has 6 heteroatoms. The van der Waals surface area contributed by atoms with Gasteiger partial charge < -0.3 is 15.3 Å². The number of carbonyl (C=O) groups excluding carboxylic acids is 2. The summed E-state index contributed by atoms with van der Waals surface area (Å²) in [6.07, 6.45) is 2.21. The SMILES string of the molecule is N[C@@H](CCCCNOC(=O)Cc1ccccc1)C(=O)OCc1ccccc1. The first-order chi connectivity index (χ1) is 13.1. The number of carbonyl (C=O) groups is 2. The van der Waals surface area contributed by atoms with E-state index in [1.165, 1.54) is 0 Å². The van der Waals surface area contributed by atoms with Crippen molar-refractivity contribution in [3.63, 3.8) is 0 Å². The van der Waals surface area contributed by atoms with E-state index in [4.69, 9.17) is 15.3 Å². The molecular weight excluding hydrogens is 344 g/mol. The van der Waals surface area contributed by atoms with E-state index in [2.05, 4.69) is 5.48 Å². The smallest absolute Gasteiger partial charge is 0.329 e. The summed E-state index contributed by atoms with van der Waals surface area (Å²) in [6.45, 7) is 0.735. The molecule has 6 nitrogen and oxygen atoms in total. The first-order valence-corrected chi connectivity index (χ1v) is 9.08. The molecule has 0 aliphatic rings. The van der Waals surface area contributed by atoms with Crippen molar-refractivity contribution in [3.05, 3.63) is 71.8 Å². The third-order valence-corrected chi connectivity index (χ3v) is 3.95. The molecule has 0 saturated heterocycles. The van der Waals surface area contributed by atoms with Crippen LogP contribution in [0.5, 0.6) is 0 Å². The van der Waals surface area contributed by atoms with Gasteiger partial charge in [0.1, 0.15) is 12.6 Å². The molecule has 2 rings (SSSR count). The second kappa shape index (κ2) is 11.8. The summed E-state index contributed by atoms with van der Waals surface area (Å²) in [5.41, 5.74) is 10.3. The minimum Gasteiger partial charge on any atom is -0.460 e. The van der Waals surface area contributed by atoms with E-state index in [9.17, 15) is 9.59 Å². The zero-order chi connectivity index (χ0) is 19.3. The van der Waals surface area contributed by atoms with Crippen molar-refractivity contribution in [2.45, 2.75) is 38.3 Å². The van der Waals surface area contributed by atoms with Gasteiger partial charge in [0.05, 0.1) is 6.42 Å². The highest BCUT2D eigenvalue weighted by Gasteiger charge is 2.14. The van der Waals surface area contributed by atoms with E-state index in [0.717, 1.165) is 24.0 Å². The molecule has 0 fully saturated rings. The van der Waals surface area contributed by atoms with Gasteiger partial charge in [0, 0.05) is 6.54 Å². The molecule has 0 unspecified atom stereocenters. The lowest BCUT2D eigenvalue weighted by molar-refractivity contribution is -0.150. The number of hydroxylamine groups is 1. The van der Waals surface area contributed by atoms with Crippen molar-refractivity contribution < 1.29 is 19.2 Å². The minimum absolute atomic E-state index is 0.228. The molecule has 0 heterocycles. The molecule has 0 spiro atoms. The van der Waals surface area contributed by atoms with Gasteiger partial charge in [-0.1, -0.05) is 60.7 Å². The van der Waals surface area contributed by atoms with Crippen LogP contribution in [0, 0.1) is 0 Å². The molecule has 3 N–H and O–H groups in total. The Bertz CT molecular complexity index is 692. The number of benzene rings is 2. The Balaban J connectivity index is 1.50. The van der Waals surface area contributed by atoms with Gasteiger partial charge in [-0.3, -0.25) is 9.59 Å². The average molecular weight is 370 g/mol. The van der Waals surface area contributed by atoms with E-state index in [1.807, 2.05) is 60.7 Å². The highest BCUT2D eigenvalue weighted by Crippen LogP contribution is 2.05. The van der Waals surface area contributed by atoms with Gasteiger partial charge in [0.15, 0.2) is 0 Å². The highest BCUT2D eigenvalue weighted by atomic mass is 16.7. The van der Waals surface area contributed by atoms with Crippen molar-refractivity contribution in [1.82, 2.24) is 5.48 Å². The number of unbranched alkanes of at least 4 members (excludes halogenated alkanes) is 1. The Morgan fingerprint density at radius 1 is 0.926 bits per heavy atom. The van der Waals surface area contributed by atoms with Gasteiger partial charge in [-0.2, -0.15) is 5.48 Å². The average Bonchev–Trinajstić information content (AvgIpc) is 2.70. The molecule has 2 aromatic carbocycles. The fourth-order valence-electron chi connectivity index (χ4n) is 2.45. The Kier molecular flexibility index (Phi) is 9.03. The first-order valence-electron chi connectivity index (χ1n) is 9.08. The molecule has 0 aliphatic carbocycles. The van der Waals surface area contributed by atoms with Crippen molar-refractivity contribution in [3.8, 4) is 0 Å². The summed E-state index contributed by atoms with van der Waals surface area (Å²) in [5.74, 6) is -0.733. The third kappa shape index (κ3) is 8.48. The Morgan fingerprint density at radius 2 is 1.56 bits per heavy atom. The molecule has 0 saturated carbocycles. The van der Waals surface area contributed by atoms with Crippen molar-refractivity contribution in [2.75, 3.05) is 6.54 Å². The van der Waals surface area contributed by atoms with Gasteiger partial charge in [-0.15, -0.1) is 0 Å². The van der Waals surface area contributed by atoms with Gasteiger partial charge in [-0.25, -0.2) is 0 Å². The largest absolute Gasteiger partial charge is 0.460 e. The maximum atomic E-state index is 11.9. The second-order valence-electron chi connectivity index (χ2n) is 6.23. The zero-order valence-corrected chi connectivity index (χ0v) is 15.3. The summed E-state index contributed by atoms with van der Waals surface area (Å²) < 4.78 is 5.21. The van der Waals surface area contributed by atoms with Crippen molar-refractivity contribution in [2.24, 2.45) is 5.73 Å². The van der Waals surface area contributed by atoms with Crippen molar-refractivity contribution in [1.29, 1.82) is 0 Å². The Labute approximate surface area is 159 Å². The number of nitrogens with one attached hydrogen (secondary N) is 1. The van der Waals surface area contributed by atoms with Gasteiger partial charge in [0.25, 0.3) is 0 Å². The maximum Gasteiger partial charge on any atom is 0.329 e. The predicted molar refractivity (Wildman–Crippen MR) is 102 cm³/mol.